The number of para-hydroxylation sites is 1. The standard InChI is InChI=1S/C18H19N5OS/c1-12(24)23-16-5-3-2-4-14(16)11-22-18(25)21-10-13-6-8-19-17-15(13)7-9-20-17/h2-9H,10-11H2,1H3,(H,19,20)(H,23,24)(H2,21,22,25). The van der Waals surface area contributed by atoms with Crippen molar-refractivity contribution in [2.75, 3.05) is 5.32 Å². The van der Waals surface area contributed by atoms with Gasteiger partial charge in [0, 0.05) is 43.5 Å². The molecule has 0 bridgehead atoms. The Balaban J connectivity index is 1.57. The van der Waals surface area contributed by atoms with E-state index in [1.165, 1.54) is 6.92 Å². The summed E-state index contributed by atoms with van der Waals surface area (Å²) in [4.78, 5) is 18.6. The van der Waals surface area contributed by atoms with Crippen LogP contribution in [0.1, 0.15) is 18.1 Å². The molecule has 7 heteroatoms. The highest BCUT2D eigenvalue weighted by atomic mass is 32.1. The van der Waals surface area contributed by atoms with E-state index in [-0.39, 0.29) is 5.91 Å². The first-order valence-electron chi connectivity index (χ1n) is 7.91. The average molecular weight is 353 g/mol. The van der Waals surface area contributed by atoms with Crippen LogP contribution in [-0.2, 0) is 17.9 Å². The molecule has 0 saturated heterocycles. The van der Waals surface area contributed by atoms with Gasteiger partial charge in [0.1, 0.15) is 5.65 Å². The van der Waals surface area contributed by atoms with E-state index in [4.69, 9.17) is 12.2 Å². The fourth-order valence-electron chi connectivity index (χ4n) is 2.57. The number of anilines is 1. The summed E-state index contributed by atoms with van der Waals surface area (Å²) in [5, 5.41) is 10.8. The number of carbonyl (C=O) groups is 1. The molecule has 0 aliphatic carbocycles. The minimum atomic E-state index is -0.0960. The molecule has 25 heavy (non-hydrogen) atoms. The van der Waals surface area contributed by atoms with Gasteiger partial charge in [0.2, 0.25) is 5.91 Å². The minimum Gasteiger partial charge on any atom is -0.359 e. The van der Waals surface area contributed by atoms with E-state index in [2.05, 4.69) is 25.9 Å². The van der Waals surface area contributed by atoms with Crippen molar-refractivity contribution in [2.24, 2.45) is 0 Å². The molecule has 2 heterocycles. The monoisotopic (exact) mass is 353 g/mol. The lowest BCUT2D eigenvalue weighted by atomic mass is 10.1. The molecular formula is C18H19N5OS. The van der Waals surface area contributed by atoms with Gasteiger partial charge in [-0.1, -0.05) is 18.2 Å². The van der Waals surface area contributed by atoms with Gasteiger partial charge in [0.15, 0.2) is 5.11 Å². The van der Waals surface area contributed by atoms with Crippen molar-refractivity contribution in [3.05, 3.63) is 59.9 Å². The summed E-state index contributed by atoms with van der Waals surface area (Å²) in [6, 6.07) is 11.6. The second kappa shape index (κ2) is 7.76. The molecule has 128 valence electrons. The van der Waals surface area contributed by atoms with Gasteiger partial charge < -0.3 is 20.9 Å². The predicted molar refractivity (Wildman–Crippen MR) is 103 cm³/mol. The van der Waals surface area contributed by atoms with Gasteiger partial charge in [-0.2, -0.15) is 0 Å². The van der Waals surface area contributed by atoms with Crippen LogP contribution in [-0.4, -0.2) is 21.0 Å². The number of amides is 1. The van der Waals surface area contributed by atoms with Gasteiger partial charge in [0.05, 0.1) is 0 Å². The number of fused-ring (bicyclic) bond motifs is 1. The Morgan fingerprint density at radius 3 is 2.68 bits per heavy atom. The molecule has 1 amide bonds. The molecule has 0 aliphatic rings. The molecule has 2 aromatic heterocycles. The Bertz CT molecular complexity index is 905. The topological polar surface area (TPSA) is 81.8 Å². The van der Waals surface area contributed by atoms with E-state index < -0.39 is 0 Å². The van der Waals surface area contributed by atoms with Crippen LogP contribution in [0.15, 0.2) is 48.8 Å². The maximum Gasteiger partial charge on any atom is 0.221 e. The van der Waals surface area contributed by atoms with Crippen LogP contribution >= 0.6 is 12.2 Å². The van der Waals surface area contributed by atoms with Crippen LogP contribution in [0.2, 0.25) is 0 Å². The van der Waals surface area contributed by atoms with Gasteiger partial charge in [0.25, 0.3) is 0 Å². The fourth-order valence-corrected chi connectivity index (χ4v) is 2.72. The maximum atomic E-state index is 11.3. The lowest BCUT2D eigenvalue weighted by Gasteiger charge is -2.13. The number of aromatic nitrogens is 2. The number of hydrogen-bond acceptors (Lipinski definition) is 3. The predicted octanol–water partition coefficient (Wildman–Crippen LogP) is 2.69. The van der Waals surface area contributed by atoms with Crippen molar-refractivity contribution < 1.29 is 4.79 Å². The minimum absolute atomic E-state index is 0.0960. The highest BCUT2D eigenvalue weighted by Crippen LogP contribution is 2.15. The number of benzene rings is 1. The first-order valence-corrected chi connectivity index (χ1v) is 8.32. The number of hydrogen-bond donors (Lipinski definition) is 4. The summed E-state index contributed by atoms with van der Waals surface area (Å²) in [5.41, 5.74) is 3.74. The lowest BCUT2D eigenvalue weighted by Crippen LogP contribution is -2.34. The summed E-state index contributed by atoms with van der Waals surface area (Å²) >= 11 is 5.35. The Labute approximate surface area is 151 Å². The van der Waals surface area contributed by atoms with Crippen LogP contribution in [0.5, 0.6) is 0 Å². The van der Waals surface area contributed by atoms with Gasteiger partial charge >= 0.3 is 0 Å². The number of pyridine rings is 1. The normalized spacial score (nSPS) is 10.4. The largest absolute Gasteiger partial charge is 0.359 e. The summed E-state index contributed by atoms with van der Waals surface area (Å²) in [7, 11) is 0. The highest BCUT2D eigenvalue weighted by molar-refractivity contribution is 7.80. The summed E-state index contributed by atoms with van der Waals surface area (Å²) in [6.07, 6.45) is 3.65. The Morgan fingerprint density at radius 2 is 1.88 bits per heavy atom. The third-order valence-electron chi connectivity index (χ3n) is 3.76. The molecule has 3 aromatic rings. The van der Waals surface area contributed by atoms with Crippen molar-refractivity contribution in [3.8, 4) is 0 Å². The molecule has 0 spiro atoms. The van der Waals surface area contributed by atoms with Crippen LogP contribution in [0.4, 0.5) is 5.69 Å². The number of H-pyrrole nitrogens is 1. The van der Waals surface area contributed by atoms with Crippen LogP contribution in [0, 0.1) is 0 Å². The Morgan fingerprint density at radius 1 is 1.12 bits per heavy atom. The number of nitrogens with one attached hydrogen (secondary N) is 4. The van der Waals surface area contributed by atoms with Crippen molar-refractivity contribution in [1.29, 1.82) is 0 Å². The zero-order valence-electron chi connectivity index (χ0n) is 13.8. The number of rotatable bonds is 5. The zero-order chi connectivity index (χ0) is 17.6. The average Bonchev–Trinajstić information content (AvgIpc) is 3.08. The van der Waals surface area contributed by atoms with Gasteiger partial charge in [-0.25, -0.2) is 4.98 Å². The number of thiocarbonyl (C=S) groups is 1. The van der Waals surface area contributed by atoms with Crippen molar-refractivity contribution in [3.63, 3.8) is 0 Å². The van der Waals surface area contributed by atoms with E-state index in [1.54, 1.807) is 6.20 Å². The maximum absolute atomic E-state index is 11.3. The van der Waals surface area contributed by atoms with Gasteiger partial charge in [-0.15, -0.1) is 0 Å². The van der Waals surface area contributed by atoms with E-state index >= 15 is 0 Å². The molecule has 0 atom stereocenters. The molecule has 3 rings (SSSR count). The number of aromatic amines is 1. The fraction of sp³-hybridized carbons (Fsp3) is 0.167. The van der Waals surface area contributed by atoms with Crippen molar-refractivity contribution >= 4 is 40.0 Å². The molecule has 0 radical (unpaired) electrons. The third kappa shape index (κ3) is 4.33. The Kier molecular flexibility index (Phi) is 5.25. The van der Waals surface area contributed by atoms with Crippen molar-refractivity contribution in [1.82, 2.24) is 20.6 Å². The van der Waals surface area contributed by atoms with Crippen LogP contribution in [0.25, 0.3) is 11.0 Å². The molecule has 0 saturated carbocycles. The molecule has 0 fully saturated rings. The second-order valence-electron chi connectivity index (χ2n) is 5.58. The molecule has 4 N–H and O–H groups in total. The van der Waals surface area contributed by atoms with E-state index in [0.29, 0.717) is 18.2 Å². The quantitative estimate of drug-likeness (QED) is 0.530. The second-order valence-corrected chi connectivity index (χ2v) is 5.99. The summed E-state index contributed by atoms with van der Waals surface area (Å²) in [5.74, 6) is -0.0960. The molecule has 0 unspecified atom stereocenters. The first kappa shape index (κ1) is 16.9. The van der Waals surface area contributed by atoms with Crippen LogP contribution < -0.4 is 16.0 Å². The Hall–Kier alpha value is -2.93. The number of carbonyl (C=O) groups excluding carboxylic acids is 1. The van der Waals surface area contributed by atoms with E-state index in [1.807, 2.05) is 42.6 Å². The third-order valence-corrected chi connectivity index (χ3v) is 4.05. The van der Waals surface area contributed by atoms with E-state index in [0.717, 1.165) is 27.8 Å². The molecule has 6 nitrogen and oxygen atoms in total. The SMILES string of the molecule is CC(=O)Nc1ccccc1CNC(=S)NCc1ccnc2[nH]ccc12. The zero-order valence-corrected chi connectivity index (χ0v) is 14.6. The molecule has 0 aliphatic heterocycles. The molecule has 1 aromatic carbocycles. The summed E-state index contributed by atoms with van der Waals surface area (Å²) < 4.78 is 0. The lowest BCUT2D eigenvalue weighted by molar-refractivity contribution is -0.114. The highest BCUT2D eigenvalue weighted by Gasteiger charge is 2.06. The van der Waals surface area contributed by atoms with Crippen molar-refractivity contribution in [2.45, 2.75) is 20.0 Å². The molecular weight excluding hydrogens is 334 g/mol. The number of nitrogens with zero attached hydrogens (tertiary/aromatic N) is 1. The smallest absolute Gasteiger partial charge is 0.221 e. The van der Waals surface area contributed by atoms with E-state index in [9.17, 15) is 4.79 Å². The van der Waals surface area contributed by atoms with Crippen LogP contribution in [0.3, 0.4) is 0 Å². The summed E-state index contributed by atoms with van der Waals surface area (Å²) in [6.45, 7) is 2.63. The first-order chi connectivity index (χ1) is 12.1. The van der Waals surface area contributed by atoms with Gasteiger partial charge in [-0.05, 0) is 41.5 Å². The van der Waals surface area contributed by atoms with Gasteiger partial charge in [-0.3, -0.25) is 4.79 Å².